The largest absolute Gasteiger partial charge is 0.385 e. The van der Waals surface area contributed by atoms with Crippen LogP contribution in [0.1, 0.15) is 13.3 Å². The van der Waals surface area contributed by atoms with Gasteiger partial charge in [-0.2, -0.15) is 0 Å². The van der Waals surface area contributed by atoms with Crippen LogP contribution in [0.3, 0.4) is 0 Å². The Bertz CT molecular complexity index is 518. The number of hydrogen-bond acceptors (Lipinski definition) is 6. The Morgan fingerprint density at radius 1 is 1.30 bits per heavy atom. The smallest absolute Gasteiger partial charge is 0.280 e. The lowest BCUT2D eigenvalue weighted by molar-refractivity contribution is -0.186. The van der Waals surface area contributed by atoms with Crippen LogP contribution in [0, 0.1) is 0 Å². The lowest BCUT2D eigenvalue weighted by atomic mass is 9.90. The van der Waals surface area contributed by atoms with E-state index in [9.17, 15) is 19.8 Å². The second kappa shape index (κ2) is 3.79. The van der Waals surface area contributed by atoms with Crippen LogP contribution < -0.4 is 10.6 Å². The van der Waals surface area contributed by atoms with Crippen LogP contribution in [0.2, 0.25) is 0 Å². The predicted molar refractivity (Wildman–Crippen MR) is 64.0 cm³/mol. The van der Waals surface area contributed by atoms with Crippen LogP contribution in [0.4, 0.5) is 0 Å². The topological polar surface area (TPSA) is 117 Å². The fraction of sp³-hybridized carbons (Fsp3) is 0.667. The first-order chi connectivity index (χ1) is 9.25. The van der Waals surface area contributed by atoms with Gasteiger partial charge < -0.3 is 30.3 Å². The Kier molecular flexibility index (Phi) is 2.56. The van der Waals surface area contributed by atoms with Gasteiger partial charge in [0.1, 0.15) is 11.7 Å². The van der Waals surface area contributed by atoms with Gasteiger partial charge in [0.05, 0.1) is 13.2 Å². The Hall–Kier alpha value is -1.48. The first-order valence-corrected chi connectivity index (χ1v) is 6.26. The molecule has 3 aliphatic heterocycles. The third kappa shape index (κ3) is 1.44. The average molecular weight is 284 g/mol. The molecule has 0 unspecified atom stereocenters. The van der Waals surface area contributed by atoms with E-state index in [0.29, 0.717) is 12.0 Å². The zero-order valence-electron chi connectivity index (χ0n) is 10.9. The summed E-state index contributed by atoms with van der Waals surface area (Å²) >= 11 is 0. The fourth-order valence-corrected chi connectivity index (χ4v) is 2.73. The van der Waals surface area contributed by atoms with Gasteiger partial charge in [0.2, 0.25) is 5.72 Å². The number of piperazine rings is 1. The summed E-state index contributed by atoms with van der Waals surface area (Å²) in [6.07, 6.45) is -1.15. The highest BCUT2D eigenvalue weighted by atomic mass is 16.6. The van der Waals surface area contributed by atoms with Gasteiger partial charge in [-0.05, 0) is 18.9 Å². The fourth-order valence-electron chi connectivity index (χ4n) is 2.73. The number of aliphatic hydroxyl groups excluding tert-OH is 1. The molecule has 0 aromatic carbocycles. The SMILES string of the molecule is C=C1CCO[C@]12NC(=O)[C@@]1(NC2=O)OC[C@](C)(O)[C@@H]1O. The highest BCUT2D eigenvalue weighted by Gasteiger charge is 2.67. The summed E-state index contributed by atoms with van der Waals surface area (Å²) in [4.78, 5) is 24.6. The maximum atomic E-state index is 12.3. The second-order valence-electron chi connectivity index (χ2n) is 5.58. The predicted octanol–water partition coefficient (Wildman–Crippen LogP) is -2.26. The van der Waals surface area contributed by atoms with Gasteiger partial charge in [0, 0.05) is 0 Å². The Morgan fingerprint density at radius 2 is 2.00 bits per heavy atom. The summed E-state index contributed by atoms with van der Waals surface area (Å²) in [7, 11) is 0. The number of rotatable bonds is 0. The molecule has 3 heterocycles. The summed E-state index contributed by atoms with van der Waals surface area (Å²) in [6.45, 7) is 5.03. The lowest BCUT2D eigenvalue weighted by Gasteiger charge is -2.43. The first-order valence-electron chi connectivity index (χ1n) is 6.26. The van der Waals surface area contributed by atoms with E-state index in [1.54, 1.807) is 0 Å². The van der Waals surface area contributed by atoms with Crippen molar-refractivity contribution in [3.05, 3.63) is 12.2 Å². The third-order valence-electron chi connectivity index (χ3n) is 4.03. The molecule has 3 rings (SSSR count). The van der Waals surface area contributed by atoms with Crippen molar-refractivity contribution in [3.63, 3.8) is 0 Å². The molecule has 0 bridgehead atoms. The van der Waals surface area contributed by atoms with Crippen LogP contribution in [0.15, 0.2) is 12.2 Å². The van der Waals surface area contributed by atoms with Crippen molar-refractivity contribution in [2.45, 2.75) is 36.5 Å². The van der Waals surface area contributed by atoms with Crippen LogP contribution in [0.25, 0.3) is 0 Å². The van der Waals surface area contributed by atoms with Crippen LogP contribution in [-0.2, 0) is 19.1 Å². The molecule has 0 aromatic heterocycles. The average Bonchev–Trinajstić information content (AvgIpc) is 2.83. The van der Waals surface area contributed by atoms with Gasteiger partial charge in [0.15, 0.2) is 0 Å². The lowest BCUT2D eigenvalue weighted by Crippen LogP contribution is -2.78. The molecule has 3 fully saturated rings. The highest BCUT2D eigenvalue weighted by molar-refractivity contribution is 6.03. The molecule has 4 atom stereocenters. The summed E-state index contributed by atoms with van der Waals surface area (Å²) in [5.41, 5.74) is -4.82. The number of aliphatic hydroxyl groups is 2. The normalized spacial score (nSPS) is 48.0. The minimum absolute atomic E-state index is 0.265. The molecule has 4 N–H and O–H groups in total. The van der Waals surface area contributed by atoms with Crippen molar-refractivity contribution in [2.75, 3.05) is 13.2 Å². The molecular weight excluding hydrogens is 268 g/mol. The van der Waals surface area contributed by atoms with E-state index < -0.39 is 35.0 Å². The standard InChI is InChI=1S/C12H16N2O6/c1-6-3-4-19-11(6)8(16)14-12(9(17)13-11)7(15)10(2,18)5-20-12/h7,15,18H,1,3-5H2,2H3,(H,13,17)(H,14,16)/t7-,10-,11+,12-/m0/s1. The van der Waals surface area contributed by atoms with Gasteiger partial charge in [-0.25, -0.2) is 0 Å². The summed E-state index contributed by atoms with van der Waals surface area (Å²) in [6, 6.07) is 0. The first kappa shape index (κ1) is 13.5. The maximum Gasteiger partial charge on any atom is 0.280 e. The van der Waals surface area contributed by atoms with Gasteiger partial charge in [0.25, 0.3) is 17.5 Å². The molecule has 2 spiro atoms. The molecule has 0 saturated carbocycles. The summed E-state index contributed by atoms with van der Waals surface area (Å²) in [5.74, 6) is -1.44. The molecule has 0 radical (unpaired) electrons. The van der Waals surface area contributed by atoms with E-state index in [1.807, 2.05) is 0 Å². The molecule has 8 nitrogen and oxygen atoms in total. The van der Waals surface area contributed by atoms with Crippen molar-refractivity contribution >= 4 is 11.8 Å². The third-order valence-corrected chi connectivity index (χ3v) is 4.03. The van der Waals surface area contributed by atoms with E-state index in [0.717, 1.165) is 0 Å². The van der Waals surface area contributed by atoms with Gasteiger partial charge in [-0.1, -0.05) is 6.58 Å². The number of nitrogens with one attached hydrogen (secondary N) is 2. The van der Waals surface area contributed by atoms with Gasteiger partial charge in [-0.3, -0.25) is 9.59 Å². The molecule has 0 aromatic rings. The molecule has 3 saturated heterocycles. The van der Waals surface area contributed by atoms with Crippen LogP contribution in [0.5, 0.6) is 0 Å². The highest BCUT2D eigenvalue weighted by Crippen LogP contribution is 2.38. The summed E-state index contributed by atoms with van der Waals surface area (Å²) in [5, 5.41) is 24.8. The number of carbonyl (C=O) groups excluding carboxylic acids is 2. The molecular formula is C12H16N2O6. The van der Waals surface area contributed by atoms with Crippen LogP contribution in [-0.4, -0.2) is 58.4 Å². The van der Waals surface area contributed by atoms with E-state index in [1.165, 1.54) is 6.92 Å². The van der Waals surface area contributed by atoms with E-state index in [-0.39, 0.29) is 13.2 Å². The Labute approximate surface area is 114 Å². The number of carbonyl (C=O) groups is 2. The molecule has 3 aliphatic rings. The molecule has 8 heteroatoms. The Morgan fingerprint density at radius 3 is 2.50 bits per heavy atom. The number of hydrogen-bond donors (Lipinski definition) is 4. The minimum Gasteiger partial charge on any atom is -0.385 e. The zero-order valence-corrected chi connectivity index (χ0v) is 10.9. The minimum atomic E-state index is -2.00. The van der Waals surface area contributed by atoms with Crippen molar-refractivity contribution in [1.82, 2.24) is 10.6 Å². The monoisotopic (exact) mass is 284 g/mol. The molecule has 20 heavy (non-hydrogen) atoms. The quantitative estimate of drug-likeness (QED) is 0.373. The summed E-state index contributed by atoms with van der Waals surface area (Å²) < 4.78 is 10.5. The number of ether oxygens (including phenoxy) is 2. The second-order valence-corrected chi connectivity index (χ2v) is 5.58. The van der Waals surface area contributed by atoms with Crippen molar-refractivity contribution in [2.24, 2.45) is 0 Å². The Balaban J connectivity index is 1.95. The zero-order chi connectivity index (χ0) is 14.8. The number of amides is 2. The molecule has 2 amide bonds. The van der Waals surface area contributed by atoms with E-state index in [4.69, 9.17) is 9.47 Å². The van der Waals surface area contributed by atoms with Crippen LogP contribution >= 0.6 is 0 Å². The van der Waals surface area contributed by atoms with E-state index in [2.05, 4.69) is 17.2 Å². The van der Waals surface area contributed by atoms with Crippen molar-refractivity contribution in [1.29, 1.82) is 0 Å². The maximum absolute atomic E-state index is 12.3. The van der Waals surface area contributed by atoms with Gasteiger partial charge >= 0.3 is 0 Å². The molecule has 0 aliphatic carbocycles. The van der Waals surface area contributed by atoms with Crippen molar-refractivity contribution < 1.29 is 29.3 Å². The van der Waals surface area contributed by atoms with Gasteiger partial charge in [-0.15, -0.1) is 0 Å². The molecule has 110 valence electrons. The van der Waals surface area contributed by atoms with Crippen molar-refractivity contribution in [3.8, 4) is 0 Å². The van der Waals surface area contributed by atoms with E-state index >= 15 is 0 Å².